The molecule has 0 bridgehead atoms. The summed E-state index contributed by atoms with van der Waals surface area (Å²) in [6, 6.07) is 5.00. The molecular formula is C16H19N3O3. The highest BCUT2D eigenvalue weighted by molar-refractivity contribution is 6.07. The van der Waals surface area contributed by atoms with E-state index in [0.29, 0.717) is 39.6 Å². The molecule has 0 unspecified atom stereocenters. The second-order valence-electron chi connectivity index (χ2n) is 5.09. The van der Waals surface area contributed by atoms with Gasteiger partial charge in [0.25, 0.3) is 5.91 Å². The van der Waals surface area contributed by atoms with E-state index in [1.807, 2.05) is 0 Å². The van der Waals surface area contributed by atoms with E-state index in [2.05, 4.69) is 10.3 Å². The van der Waals surface area contributed by atoms with E-state index in [4.69, 9.17) is 10.5 Å². The lowest BCUT2D eigenvalue weighted by Crippen LogP contribution is -2.14. The molecule has 0 atom stereocenters. The Kier molecular flexibility index (Phi) is 4.21. The molecule has 0 aliphatic heterocycles. The maximum atomic E-state index is 12.4. The number of benzene rings is 1. The van der Waals surface area contributed by atoms with E-state index < -0.39 is 0 Å². The fourth-order valence-corrected chi connectivity index (χ4v) is 2.51. The number of methoxy groups -OCH3 is 1. The molecule has 0 saturated carbocycles. The predicted octanol–water partition coefficient (Wildman–Crippen LogP) is 2.68. The average molecular weight is 301 g/mol. The van der Waals surface area contributed by atoms with Crippen molar-refractivity contribution >= 4 is 23.1 Å². The molecule has 1 aromatic carbocycles. The first-order valence-electron chi connectivity index (χ1n) is 6.80. The number of Topliss-reactive ketones (excluding diaryl/α,β-unsaturated/α-hetero) is 1. The summed E-state index contributed by atoms with van der Waals surface area (Å²) in [7, 11) is 1.53. The number of aryl methyl sites for hydroxylation is 1. The second-order valence-corrected chi connectivity index (χ2v) is 5.09. The van der Waals surface area contributed by atoms with Crippen molar-refractivity contribution in [3.63, 3.8) is 0 Å². The second kappa shape index (κ2) is 5.93. The third kappa shape index (κ3) is 2.81. The van der Waals surface area contributed by atoms with Crippen LogP contribution in [-0.2, 0) is 0 Å². The largest absolute Gasteiger partial charge is 0.495 e. The van der Waals surface area contributed by atoms with E-state index in [1.165, 1.54) is 14.0 Å². The summed E-state index contributed by atoms with van der Waals surface area (Å²) in [5, 5.41) is 2.75. The van der Waals surface area contributed by atoms with Crippen molar-refractivity contribution in [2.75, 3.05) is 18.2 Å². The standard InChI is InChI=1S/C16H19N3O3/c1-8-14(10(3)20)9(2)18-15(8)16(21)19-11-5-6-13(22-4)12(17)7-11/h5-7,18H,17H2,1-4H3,(H,19,21). The van der Waals surface area contributed by atoms with Gasteiger partial charge in [-0.25, -0.2) is 0 Å². The fourth-order valence-electron chi connectivity index (χ4n) is 2.51. The minimum Gasteiger partial charge on any atom is -0.495 e. The van der Waals surface area contributed by atoms with Crippen LogP contribution in [0.3, 0.4) is 0 Å². The van der Waals surface area contributed by atoms with Crippen LogP contribution in [0.5, 0.6) is 5.75 Å². The van der Waals surface area contributed by atoms with Crippen LogP contribution >= 0.6 is 0 Å². The lowest BCUT2D eigenvalue weighted by atomic mass is 10.1. The summed E-state index contributed by atoms with van der Waals surface area (Å²) in [6.45, 7) is 5.00. The minimum atomic E-state index is -0.322. The molecule has 2 rings (SSSR count). The molecule has 0 spiro atoms. The zero-order chi connectivity index (χ0) is 16.4. The van der Waals surface area contributed by atoms with E-state index >= 15 is 0 Å². The van der Waals surface area contributed by atoms with Crippen LogP contribution in [0.1, 0.15) is 39.0 Å². The van der Waals surface area contributed by atoms with Crippen molar-refractivity contribution in [2.24, 2.45) is 0 Å². The Balaban J connectivity index is 2.28. The van der Waals surface area contributed by atoms with Gasteiger partial charge in [-0.3, -0.25) is 9.59 Å². The van der Waals surface area contributed by atoms with Gasteiger partial charge in [-0.05, 0) is 44.5 Å². The molecule has 6 nitrogen and oxygen atoms in total. The molecular weight excluding hydrogens is 282 g/mol. The summed E-state index contributed by atoms with van der Waals surface area (Å²) in [4.78, 5) is 26.9. The lowest BCUT2D eigenvalue weighted by molar-refractivity contribution is 0.101. The third-order valence-corrected chi connectivity index (χ3v) is 3.50. The highest BCUT2D eigenvalue weighted by Crippen LogP contribution is 2.25. The smallest absolute Gasteiger partial charge is 0.272 e. The summed E-state index contributed by atoms with van der Waals surface area (Å²) in [5.41, 5.74) is 9.06. The Bertz CT molecular complexity index is 747. The number of anilines is 2. The number of nitrogens with two attached hydrogens (primary N) is 1. The number of ether oxygens (including phenoxy) is 1. The van der Waals surface area contributed by atoms with Gasteiger partial charge < -0.3 is 20.8 Å². The summed E-state index contributed by atoms with van der Waals surface area (Å²) >= 11 is 0. The topological polar surface area (TPSA) is 97.2 Å². The van der Waals surface area contributed by atoms with Gasteiger partial charge in [0.1, 0.15) is 11.4 Å². The number of rotatable bonds is 4. The molecule has 0 aliphatic carbocycles. The molecule has 0 radical (unpaired) electrons. The first-order valence-corrected chi connectivity index (χ1v) is 6.80. The number of ketones is 1. The minimum absolute atomic E-state index is 0.0704. The lowest BCUT2D eigenvalue weighted by Gasteiger charge is -2.08. The number of H-pyrrole nitrogens is 1. The number of aromatic nitrogens is 1. The van der Waals surface area contributed by atoms with Crippen LogP contribution in [0.25, 0.3) is 0 Å². The number of hydrogen-bond donors (Lipinski definition) is 3. The number of nitrogen functional groups attached to an aromatic ring is 1. The van der Waals surface area contributed by atoms with Gasteiger partial charge in [0.05, 0.1) is 12.8 Å². The molecule has 1 heterocycles. The van der Waals surface area contributed by atoms with Gasteiger partial charge in [-0.1, -0.05) is 0 Å². The first kappa shape index (κ1) is 15.6. The number of carbonyl (C=O) groups excluding carboxylic acids is 2. The van der Waals surface area contributed by atoms with Crippen LogP contribution in [-0.4, -0.2) is 23.8 Å². The van der Waals surface area contributed by atoms with E-state index in [9.17, 15) is 9.59 Å². The maximum Gasteiger partial charge on any atom is 0.272 e. The number of hydrogen-bond acceptors (Lipinski definition) is 4. The van der Waals surface area contributed by atoms with Gasteiger partial charge in [-0.15, -0.1) is 0 Å². The van der Waals surface area contributed by atoms with E-state index in [0.717, 1.165) is 0 Å². The SMILES string of the molecule is COc1ccc(NC(=O)c2[nH]c(C)c(C(C)=O)c2C)cc1N. The van der Waals surface area contributed by atoms with Crippen molar-refractivity contribution in [3.8, 4) is 5.75 Å². The molecule has 0 aliphatic rings. The van der Waals surface area contributed by atoms with Crippen molar-refractivity contribution in [1.29, 1.82) is 0 Å². The predicted molar refractivity (Wildman–Crippen MR) is 85.6 cm³/mol. The molecule has 4 N–H and O–H groups in total. The van der Waals surface area contributed by atoms with Crippen LogP contribution < -0.4 is 15.8 Å². The Hall–Kier alpha value is -2.76. The van der Waals surface area contributed by atoms with E-state index in [1.54, 1.807) is 32.0 Å². The fraction of sp³-hybridized carbons (Fsp3) is 0.250. The quantitative estimate of drug-likeness (QED) is 0.597. The average Bonchev–Trinajstić information content (AvgIpc) is 2.74. The number of aromatic amines is 1. The number of carbonyl (C=O) groups is 2. The highest BCUT2D eigenvalue weighted by atomic mass is 16.5. The number of amides is 1. The molecule has 1 aromatic heterocycles. The Morgan fingerprint density at radius 3 is 2.45 bits per heavy atom. The maximum absolute atomic E-state index is 12.4. The normalized spacial score (nSPS) is 10.4. The summed E-state index contributed by atoms with van der Waals surface area (Å²) < 4.78 is 5.07. The molecule has 2 aromatic rings. The van der Waals surface area contributed by atoms with Gasteiger partial charge >= 0.3 is 0 Å². The van der Waals surface area contributed by atoms with Gasteiger partial charge in [-0.2, -0.15) is 0 Å². The summed E-state index contributed by atoms with van der Waals surface area (Å²) in [6.07, 6.45) is 0. The van der Waals surface area contributed by atoms with Crippen LogP contribution in [0.2, 0.25) is 0 Å². The van der Waals surface area contributed by atoms with Gasteiger partial charge in [0, 0.05) is 16.9 Å². The van der Waals surface area contributed by atoms with Crippen LogP contribution in [0.4, 0.5) is 11.4 Å². The summed E-state index contributed by atoms with van der Waals surface area (Å²) in [5.74, 6) is 0.153. The molecule has 116 valence electrons. The zero-order valence-corrected chi connectivity index (χ0v) is 13.0. The Labute approximate surface area is 128 Å². The monoisotopic (exact) mass is 301 g/mol. The zero-order valence-electron chi connectivity index (χ0n) is 13.0. The van der Waals surface area contributed by atoms with Crippen molar-refractivity contribution in [2.45, 2.75) is 20.8 Å². The molecule has 1 amide bonds. The molecule has 6 heteroatoms. The molecule has 0 fully saturated rings. The number of nitrogens with one attached hydrogen (secondary N) is 2. The first-order chi connectivity index (χ1) is 10.3. The molecule has 22 heavy (non-hydrogen) atoms. The highest BCUT2D eigenvalue weighted by Gasteiger charge is 2.19. The third-order valence-electron chi connectivity index (χ3n) is 3.50. The Morgan fingerprint density at radius 2 is 1.95 bits per heavy atom. The Morgan fingerprint density at radius 1 is 1.27 bits per heavy atom. The van der Waals surface area contributed by atoms with Crippen LogP contribution in [0, 0.1) is 13.8 Å². The van der Waals surface area contributed by atoms with Crippen molar-refractivity contribution in [3.05, 3.63) is 40.7 Å². The van der Waals surface area contributed by atoms with E-state index in [-0.39, 0.29) is 11.7 Å². The van der Waals surface area contributed by atoms with Gasteiger partial charge in [0.2, 0.25) is 0 Å². The van der Waals surface area contributed by atoms with Gasteiger partial charge in [0.15, 0.2) is 5.78 Å². The van der Waals surface area contributed by atoms with Crippen molar-refractivity contribution < 1.29 is 14.3 Å². The van der Waals surface area contributed by atoms with Crippen LogP contribution in [0.15, 0.2) is 18.2 Å². The van der Waals surface area contributed by atoms with Crippen molar-refractivity contribution in [1.82, 2.24) is 4.98 Å². The molecule has 0 saturated heterocycles.